The van der Waals surface area contributed by atoms with Gasteiger partial charge in [0.1, 0.15) is 0 Å². The van der Waals surface area contributed by atoms with E-state index >= 15 is 0 Å². The lowest BCUT2D eigenvalue weighted by Gasteiger charge is -2.43. The molecule has 1 saturated heterocycles. The molecule has 0 radical (unpaired) electrons. The van der Waals surface area contributed by atoms with Gasteiger partial charge >= 0.3 is 0 Å². The Bertz CT molecular complexity index is 927. The molecule has 1 aromatic heterocycles. The van der Waals surface area contributed by atoms with Crippen LogP contribution in [0.25, 0.3) is 0 Å². The van der Waals surface area contributed by atoms with E-state index in [1.807, 2.05) is 39.8 Å². The topological polar surface area (TPSA) is 42.3 Å². The molecule has 3 heterocycles. The van der Waals surface area contributed by atoms with Crippen LogP contribution >= 0.6 is 0 Å². The Kier molecular flexibility index (Phi) is 4.58. The number of pyridine rings is 1. The van der Waals surface area contributed by atoms with Crippen molar-refractivity contribution in [3.8, 4) is 0 Å². The highest BCUT2D eigenvalue weighted by molar-refractivity contribution is 5.94. The fraction of sp³-hybridized carbons (Fsp3) is 0.500. The van der Waals surface area contributed by atoms with Crippen molar-refractivity contribution in [3.05, 3.63) is 69.6 Å². The number of fused-ring (bicyclic) bond motifs is 4. The Morgan fingerprint density at radius 2 is 1.64 bits per heavy atom. The molecule has 1 aromatic carbocycles. The van der Waals surface area contributed by atoms with Gasteiger partial charge in [-0.25, -0.2) is 0 Å². The summed E-state index contributed by atoms with van der Waals surface area (Å²) in [5.41, 5.74) is 3.15. The zero-order chi connectivity index (χ0) is 19.1. The molecule has 4 heteroatoms. The van der Waals surface area contributed by atoms with Crippen LogP contribution in [-0.2, 0) is 6.54 Å². The van der Waals surface area contributed by atoms with Gasteiger partial charge in [0.05, 0.1) is 0 Å². The van der Waals surface area contributed by atoms with Crippen molar-refractivity contribution >= 4 is 5.91 Å². The molecule has 2 fully saturated rings. The highest BCUT2D eigenvalue weighted by atomic mass is 16.2. The number of carbonyl (C=O) groups is 1. The minimum atomic E-state index is 0.116. The molecule has 146 valence electrons. The van der Waals surface area contributed by atoms with E-state index in [1.165, 1.54) is 19.3 Å². The van der Waals surface area contributed by atoms with Gasteiger partial charge in [-0.05, 0) is 49.3 Å². The first-order valence-electron chi connectivity index (χ1n) is 10.8. The minimum Gasteiger partial charge on any atom is -0.338 e. The van der Waals surface area contributed by atoms with Crippen LogP contribution in [0.15, 0.2) is 47.3 Å². The Morgan fingerprint density at radius 1 is 0.857 bits per heavy atom. The van der Waals surface area contributed by atoms with Crippen molar-refractivity contribution in [1.29, 1.82) is 0 Å². The summed E-state index contributed by atoms with van der Waals surface area (Å²) in [6.45, 7) is 2.22. The van der Waals surface area contributed by atoms with E-state index in [4.69, 9.17) is 0 Å². The second-order valence-corrected chi connectivity index (χ2v) is 8.84. The van der Waals surface area contributed by atoms with E-state index in [-0.39, 0.29) is 17.4 Å². The first kappa shape index (κ1) is 17.7. The summed E-state index contributed by atoms with van der Waals surface area (Å²) in [5, 5.41) is 0. The van der Waals surface area contributed by atoms with Crippen LogP contribution in [0.5, 0.6) is 0 Å². The number of likely N-dealkylation sites (tertiary alicyclic amines) is 1. The molecule has 0 N–H and O–H groups in total. The zero-order valence-electron chi connectivity index (χ0n) is 16.3. The fourth-order valence-electron chi connectivity index (χ4n) is 5.62. The number of hydrogen-bond donors (Lipinski definition) is 0. The lowest BCUT2D eigenvalue weighted by molar-refractivity contribution is 0.0594. The maximum atomic E-state index is 13.3. The molecule has 2 atom stereocenters. The number of piperidine rings is 1. The Morgan fingerprint density at radius 3 is 2.43 bits per heavy atom. The van der Waals surface area contributed by atoms with E-state index in [0.717, 1.165) is 49.2 Å². The van der Waals surface area contributed by atoms with Gasteiger partial charge in [0.2, 0.25) is 0 Å². The fourth-order valence-corrected chi connectivity index (χ4v) is 5.62. The predicted octanol–water partition coefficient (Wildman–Crippen LogP) is 4.16. The number of rotatable bonds is 2. The summed E-state index contributed by atoms with van der Waals surface area (Å²) in [5.74, 6) is 1.20. The molecule has 5 rings (SSSR count). The number of amides is 1. The molecule has 28 heavy (non-hydrogen) atoms. The monoisotopic (exact) mass is 376 g/mol. The Balaban J connectivity index is 1.42. The number of carbonyl (C=O) groups excluding carboxylic acids is 1. The lowest BCUT2D eigenvalue weighted by atomic mass is 9.81. The van der Waals surface area contributed by atoms with Gasteiger partial charge in [-0.15, -0.1) is 0 Å². The van der Waals surface area contributed by atoms with E-state index < -0.39 is 0 Å². The van der Waals surface area contributed by atoms with Gasteiger partial charge in [0, 0.05) is 42.4 Å². The number of hydrogen-bond acceptors (Lipinski definition) is 2. The maximum Gasteiger partial charge on any atom is 0.254 e. The second-order valence-electron chi connectivity index (χ2n) is 8.84. The van der Waals surface area contributed by atoms with Crippen molar-refractivity contribution in [2.75, 3.05) is 13.1 Å². The summed E-state index contributed by atoms with van der Waals surface area (Å²) in [6.07, 6.45) is 7.18. The van der Waals surface area contributed by atoms with Crippen molar-refractivity contribution in [2.45, 2.75) is 56.9 Å². The molecule has 2 aliphatic heterocycles. The van der Waals surface area contributed by atoms with Crippen molar-refractivity contribution < 1.29 is 4.79 Å². The molecule has 0 unspecified atom stereocenters. The van der Waals surface area contributed by atoms with E-state index in [2.05, 4.69) is 12.1 Å². The Labute approximate surface area is 166 Å². The third-order valence-electron chi connectivity index (χ3n) is 6.99. The standard InChI is InChI=1S/C24H28N2O2/c27-23(19-9-5-2-6-10-19)25-14-17-13-20(16-25)22-12-11-21(24(28)26(22)15-17)18-7-3-1-4-8-18/h2,5-6,9-12,17-18,20H,1,3-4,7-8,13-16H2/t17-,20-/m1/s1. The summed E-state index contributed by atoms with van der Waals surface area (Å²) < 4.78 is 2.05. The van der Waals surface area contributed by atoms with Crippen LogP contribution in [0.3, 0.4) is 0 Å². The van der Waals surface area contributed by atoms with Crippen LogP contribution in [-0.4, -0.2) is 28.5 Å². The molecule has 2 bridgehead atoms. The normalized spacial score (nSPS) is 24.6. The van der Waals surface area contributed by atoms with Crippen LogP contribution in [0.1, 0.15) is 72.0 Å². The third-order valence-corrected chi connectivity index (χ3v) is 6.99. The van der Waals surface area contributed by atoms with E-state index in [1.54, 1.807) is 0 Å². The number of aromatic nitrogens is 1. The van der Waals surface area contributed by atoms with Gasteiger partial charge in [-0.2, -0.15) is 0 Å². The average Bonchev–Trinajstić information content (AvgIpc) is 2.75. The zero-order valence-corrected chi connectivity index (χ0v) is 16.3. The number of nitrogens with zero attached hydrogens (tertiary/aromatic N) is 2. The summed E-state index contributed by atoms with van der Waals surface area (Å²) >= 11 is 0. The highest BCUT2D eigenvalue weighted by Crippen LogP contribution is 2.37. The summed E-state index contributed by atoms with van der Waals surface area (Å²) in [4.78, 5) is 28.2. The molecular weight excluding hydrogens is 348 g/mol. The van der Waals surface area contributed by atoms with Crippen LogP contribution < -0.4 is 5.56 Å². The second kappa shape index (κ2) is 7.23. The molecule has 1 aliphatic carbocycles. The lowest BCUT2D eigenvalue weighted by Crippen LogP contribution is -2.49. The largest absolute Gasteiger partial charge is 0.338 e. The first-order chi connectivity index (χ1) is 13.7. The van der Waals surface area contributed by atoms with Gasteiger partial charge in [0.15, 0.2) is 0 Å². The molecule has 2 aromatic rings. The van der Waals surface area contributed by atoms with Gasteiger partial charge in [-0.1, -0.05) is 43.5 Å². The van der Waals surface area contributed by atoms with Gasteiger partial charge in [-0.3, -0.25) is 9.59 Å². The highest BCUT2D eigenvalue weighted by Gasteiger charge is 2.37. The van der Waals surface area contributed by atoms with Crippen LogP contribution in [0, 0.1) is 5.92 Å². The third kappa shape index (κ3) is 3.09. The van der Waals surface area contributed by atoms with Crippen molar-refractivity contribution in [3.63, 3.8) is 0 Å². The molecule has 3 aliphatic rings. The minimum absolute atomic E-state index is 0.116. The van der Waals surface area contributed by atoms with Crippen molar-refractivity contribution in [2.24, 2.45) is 5.92 Å². The molecular formula is C24H28N2O2. The molecule has 1 saturated carbocycles. The quantitative estimate of drug-likeness (QED) is 0.790. The summed E-state index contributed by atoms with van der Waals surface area (Å²) in [7, 11) is 0. The SMILES string of the molecule is O=C(c1ccccc1)N1C[C@H]2C[C@H](C1)c1ccc(C3CCCCC3)c(=O)n1C2. The average molecular weight is 377 g/mol. The molecule has 4 nitrogen and oxygen atoms in total. The van der Waals surface area contributed by atoms with Crippen LogP contribution in [0.4, 0.5) is 0 Å². The molecule has 1 amide bonds. The maximum absolute atomic E-state index is 13.3. The van der Waals surface area contributed by atoms with Crippen molar-refractivity contribution in [1.82, 2.24) is 9.47 Å². The van der Waals surface area contributed by atoms with Crippen LogP contribution in [0.2, 0.25) is 0 Å². The van der Waals surface area contributed by atoms with Gasteiger partial charge in [0.25, 0.3) is 11.5 Å². The Hall–Kier alpha value is -2.36. The number of benzene rings is 1. The first-order valence-corrected chi connectivity index (χ1v) is 10.8. The molecule has 0 spiro atoms. The van der Waals surface area contributed by atoms with Gasteiger partial charge < -0.3 is 9.47 Å². The van der Waals surface area contributed by atoms with E-state index in [9.17, 15) is 9.59 Å². The summed E-state index contributed by atoms with van der Waals surface area (Å²) in [6, 6.07) is 13.8. The predicted molar refractivity (Wildman–Crippen MR) is 110 cm³/mol. The smallest absolute Gasteiger partial charge is 0.254 e. The van der Waals surface area contributed by atoms with E-state index in [0.29, 0.717) is 18.4 Å².